The molecule has 6 nitrogen and oxygen atoms in total. The van der Waals surface area contributed by atoms with Crippen molar-refractivity contribution in [1.29, 1.82) is 0 Å². The molecule has 8 heteroatoms. The van der Waals surface area contributed by atoms with Crippen molar-refractivity contribution in [1.82, 2.24) is 20.0 Å². The third kappa shape index (κ3) is 4.18. The van der Waals surface area contributed by atoms with Crippen LogP contribution in [0.15, 0.2) is 53.3 Å². The number of halogens is 1. The second kappa shape index (κ2) is 8.04. The molecule has 1 saturated heterocycles. The van der Waals surface area contributed by atoms with E-state index in [1.807, 2.05) is 12.1 Å². The first-order chi connectivity index (χ1) is 13.6. The van der Waals surface area contributed by atoms with Crippen LogP contribution in [0.2, 0.25) is 0 Å². The Kier molecular flexibility index (Phi) is 5.31. The molecule has 0 radical (unpaired) electrons. The molecule has 1 aliphatic heterocycles. The van der Waals surface area contributed by atoms with Crippen molar-refractivity contribution >= 4 is 17.2 Å². The van der Waals surface area contributed by atoms with Crippen LogP contribution in [0.4, 0.5) is 4.39 Å². The van der Waals surface area contributed by atoms with Crippen LogP contribution in [0, 0.1) is 5.82 Å². The molecule has 1 amide bonds. The van der Waals surface area contributed by atoms with Gasteiger partial charge in [0.1, 0.15) is 11.5 Å². The maximum absolute atomic E-state index is 13.4. The molecule has 1 N–H and O–H groups in total. The molecule has 0 unspecified atom stereocenters. The Bertz CT molecular complexity index is 1020. The van der Waals surface area contributed by atoms with Gasteiger partial charge in [-0.15, -0.1) is 11.3 Å². The van der Waals surface area contributed by atoms with Gasteiger partial charge in [-0.3, -0.25) is 14.5 Å². The zero-order chi connectivity index (χ0) is 19.5. The average molecular weight is 398 g/mol. The van der Waals surface area contributed by atoms with E-state index in [4.69, 9.17) is 0 Å². The number of rotatable bonds is 4. The van der Waals surface area contributed by atoms with Crippen molar-refractivity contribution in [2.75, 3.05) is 26.2 Å². The van der Waals surface area contributed by atoms with Crippen LogP contribution < -0.4 is 5.56 Å². The Balaban J connectivity index is 1.34. The van der Waals surface area contributed by atoms with E-state index < -0.39 is 0 Å². The summed E-state index contributed by atoms with van der Waals surface area (Å²) in [6, 6.07) is 13.5. The molecule has 0 spiro atoms. The van der Waals surface area contributed by atoms with Gasteiger partial charge in [0.2, 0.25) is 0 Å². The van der Waals surface area contributed by atoms with Crippen molar-refractivity contribution in [3.8, 4) is 10.4 Å². The highest BCUT2D eigenvalue weighted by Gasteiger charge is 2.23. The number of piperazine rings is 1. The predicted octanol–water partition coefficient (Wildman–Crippen LogP) is 2.60. The van der Waals surface area contributed by atoms with Crippen molar-refractivity contribution in [2.24, 2.45) is 0 Å². The summed E-state index contributed by atoms with van der Waals surface area (Å²) < 4.78 is 13.4. The number of benzene rings is 1. The highest BCUT2D eigenvalue weighted by molar-refractivity contribution is 7.15. The maximum atomic E-state index is 13.4. The number of thiophene rings is 1. The van der Waals surface area contributed by atoms with Crippen LogP contribution in [-0.2, 0) is 6.54 Å². The molecule has 3 heterocycles. The molecular weight excluding hydrogens is 379 g/mol. The fraction of sp³-hybridized carbons (Fsp3) is 0.250. The van der Waals surface area contributed by atoms with Gasteiger partial charge in [-0.25, -0.2) is 9.49 Å². The number of aromatic amines is 1. The Hall–Kier alpha value is -2.84. The summed E-state index contributed by atoms with van der Waals surface area (Å²) >= 11 is 1.66. The van der Waals surface area contributed by atoms with Crippen LogP contribution in [0.3, 0.4) is 0 Å². The van der Waals surface area contributed by atoms with E-state index in [9.17, 15) is 14.0 Å². The highest BCUT2D eigenvalue weighted by Crippen LogP contribution is 2.29. The minimum atomic E-state index is -0.324. The molecule has 0 saturated carbocycles. The molecule has 1 aliphatic rings. The Morgan fingerprint density at radius 2 is 1.93 bits per heavy atom. The lowest BCUT2D eigenvalue weighted by atomic mass is 10.2. The van der Waals surface area contributed by atoms with Gasteiger partial charge in [0, 0.05) is 48.5 Å². The van der Waals surface area contributed by atoms with Crippen molar-refractivity contribution < 1.29 is 9.18 Å². The largest absolute Gasteiger partial charge is 0.335 e. The zero-order valence-corrected chi connectivity index (χ0v) is 15.9. The monoisotopic (exact) mass is 398 g/mol. The van der Waals surface area contributed by atoms with Gasteiger partial charge in [0.05, 0.1) is 0 Å². The van der Waals surface area contributed by atoms with E-state index in [-0.39, 0.29) is 23.0 Å². The number of hydrogen-bond donors (Lipinski definition) is 1. The van der Waals surface area contributed by atoms with Gasteiger partial charge < -0.3 is 4.90 Å². The molecule has 144 valence electrons. The summed E-state index contributed by atoms with van der Waals surface area (Å²) in [5.74, 6) is -0.398. The zero-order valence-electron chi connectivity index (χ0n) is 15.1. The quantitative estimate of drug-likeness (QED) is 0.734. The minimum absolute atomic E-state index is 0.166. The fourth-order valence-electron chi connectivity index (χ4n) is 3.21. The number of nitrogens with zero attached hydrogens (tertiary/aromatic N) is 3. The Morgan fingerprint density at radius 3 is 2.64 bits per heavy atom. The van der Waals surface area contributed by atoms with Crippen LogP contribution in [0.5, 0.6) is 0 Å². The lowest BCUT2D eigenvalue weighted by Crippen LogP contribution is -2.48. The molecule has 0 aliphatic carbocycles. The number of nitrogens with one attached hydrogen (secondary N) is 1. The van der Waals surface area contributed by atoms with Gasteiger partial charge in [-0.1, -0.05) is 12.1 Å². The van der Waals surface area contributed by atoms with Crippen molar-refractivity contribution in [2.45, 2.75) is 6.54 Å². The number of hydrogen-bond acceptors (Lipinski definition) is 5. The number of H-pyrrole nitrogens is 1. The molecule has 3 aromatic rings. The van der Waals surface area contributed by atoms with E-state index in [2.05, 4.69) is 21.2 Å². The number of carbonyl (C=O) groups is 1. The summed E-state index contributed by atoms with van der Waals surface area (Å²) in [7, 11) is 0. The number of amides is 1. The number of aromatic nitrogens is 2. The fourth-order valence-corrected chi connectivity index (χ4v) is 4.26. The van der Waals surface area contributed by atoms with Crippen LogP contribution in [-0.4, -0.2) is 52.1 Å². The topological polar surface area (TPSA) is 69.3 Å². The molecule has 1 fully saturated rings. The molecule has 0 bridgehead atoms. The molecule has 28 heavy (non-hydrogen) atoms. The summed E-state index contributed by atoms with van der Waals surface area (Å²) in [6.07, 6.45) is 0. The van der Waals surface area contributed by atoms with Gasteiger partial charge in [0.15, 0.2) is 0 Å². The molecular formula is C20H19FN4O2S. The lowest BCUT2D eigenvalue weighted by molar-refractivity contribution is 0.0622. The summed E-state index contributed by atoms with van der Waals surface area (Å²) in [5.41, 5.74) is 0.820. The van der Waals surface area contributed by atoms with E-state index in [0.717, 1.165) is 30.1 Å². The Labute approximate surface area is 165 Å². The predicted molar refractivity (Wildman–Crippen MR) is 106 cm³/mol. The summed E-state index contributed by atoms with van der Waals surface area (Å²) in [6.45, 7) is 3.56. The first-order valence-corrected chi connectivity index (χ1v) is 9.82. The second-order valence-electron chi connectivity index (χ2n) is 6.65. The maximum Gasteiger partial charge on any atom is 0.274 e. The van der Waals surface area contributed by atoms with E-state index in [0.29, 0.717) is 13.1 Å². The van der Waals surface area contributed by atoms with E-state index in [1.54, 1.807) is 28.4 Å². The average Bonchev–Trinajstić information content (AvgIpc) is 3.17. The van der Waals surface area contributed by atoms with Crippen LogP contribution in [0.1, 0.15) is 15.4 Å². The minimum Gasteiger partial charge on any atom is -0.335 e. The van der Waals surface area contributed by atoms with Crippen LogP contribution >= 0.6 is 11.3 Å². The third-order valence-corrected chi connectivity index (χ3v) is 5.83. The highest BCUT2D eigenvalue weighted by atomic mass is 32.1. The van der Waals surface area contributed by atoms with Gasteiger partial charge in [0.25, 0.3) is 11.5 Å². The van der Waals surface area contributed by atoms with Crippen molar-refractivity contribution in [3.63, 3.8) is 0 Å². The van der Waals surface area contributed by atoms with Gasteiger partial charge in [-0.2, -0.15) is 5.10 Å². The summed E-state index contributed by atoms with van der Waals surface area (Å²) in [4.78, 5) is 29.8. The third-order valence-electron chi connectivity index (χ3n) is 4.71. The SMILES string of the molecule is O=C(c1ccc(=O)[nH]n1)N1CCN(Cc2ccc(-c3cccc(F)c3)s2)CC1. The second-order valence-corrected chi connectivity index (χ2v) is 7.82. The Morgan fingerprint density at radius 1 is 1.11 bits per heavy atom. The normalized spacial score (nSPS) is 15.0. The van der Waals surface area contributed by atoms with E-state index in [1.165, 1.54) is 23.1 Å². The van der Waals surface area contributed by atoms with Crippen LogP contribution in [0.25, 0.3) is 10.4 Å². The van der Waals surface area contributed by atoms with Crippen molar-refractivity contribution in [3.05, 3.63) is 75.3 Å². The summed E-state index contributed by atoms with van der Waals surface area (Å²) in [5, 5.41) is 6.11. The first kappa shape index (κ1) is 18.5. The van der Waals surface area contributed by atoms with Gasteiger partial charge >= 0.3 is 0 Å². The molecule has 1 aromatic carbocycles. The number of carbonyl (C=O) groups excluding carboxylic acids is 1. The molecule has 4 rings (SSSR count). The molecule has 0 atom stereocenters. The van der Waals surface area contributed by atoms with Gasteiger partial charge in [-0.05, 0) is 35.9 Å². The van der Waals surface area contributed by atoms with E-state index >= 15 is 0 Å². The lowest BCUT2D eigenvalue weighted by Gasteiger charge is -2.34. The smallest absolute Gasteiger partial charge is 0.274 e. The molecule has 2 aromatic heterocycles. The first-order valence-electron chi connectivity index (χ1n) is 9.00. The standard InChI is InChI=1S/C20H19FN4O2S/c21-15-3-1-2-14(12-15)18-6-4-16(28-18)13-24-8-10-25(11-9-24)20(27)17-5-7-19(26)23-22-17/h1-7,12H,8-11,13H2,(H,23,26).